The highest BCUT2D eigenvalue weighted by Gasteiger charge is 2.21. The molecule has 0 radical (unpaired) electrons. The van der Waals surface area contributed by atoms with Crippen molar-refractivity contribution in [3.63, 3.8) is 0 Å². The quantitative estimate of drug-likeness (QED) is 0.604. The van der Waals surface area contributed by atoms with Gasteiger partial charge >= 0.3 is 0 Å². The minimum Gasteiger partial charge on any atom is -0.373 e. The molecule has 0 unspecified atom stereocenters. The van der Waals surface area contributed by atoms with Crippen molar-refractivity contribution in [1.82, 2.24) is 4.90 Å². The lowest BCUT2D eigenvalue weighted by atomic mass is 10.2. The first-order chi connectivity index (χ1) is 9.13. The van der Waals surface area contributed by atoms with Crippen LogP contribution in [-0.4, -0.2) is 42.5 Å². The molecule has 2 atom stereocenters. The van der Waals surface area contributed by atoms with Gasteiger partial charge in [-0.15, -0.1) is 11.8 Å². The van der Waals surface area contributed by atoms with E-state index < -0.39 is 0 Å². The van der Waals surface area contributed by atoms with Gasteiger partial charge in [-0.1, -0.05) is 17.7 Å². The standard InChI is InChI=1S/C16H25NOS/c1-13-5-7-16(8-6-13)19-10-4-9-17-11-14(2)18-15(3)12-17/h5-8,14-15H,4,9-12H2,1-3H3/t14-,15-/m1/s1. The van der Waals surface area contributed by atoms with Crippen molar-refractivity contribution in [3.05, 3.63) is 29.8 Å². The summed E-state index contributed by atoms with van der Waals surface area (Å²) >= 11 is 1.96. The van der Waals surface area contributed by atoms with E-state index in [1.807, 2.05) is 11.8 Å². The van der Waals surface area contributed by atoms with Crippen LogP contribution < -0.4 is 0 Å². The third-order valence-corrected chi connectivity index (χ3v) is 4.50. The molecule has 19 heavy (non-hydrogen) atoms. The van der Waals surface area contributed by atoms with Crippen LogP contribution in [0.4, 0.5) is 0 Å². The third kappa shape index (κ3) is 5.17. The Balaban J connectivity index is 1.65. The Morgan fingerprint density at radius 3 is 2.42 bits per heavy atom. The Labute approximate surface area is 121 Å². The summed E-state index contributed by atoms with van der Waals surface area (Å²) in [5, 5.41) is 0. The van der Waals surface area contributed by atoms with Gasteiger partial charge in [-0.2, -0.15) is 0 Å². The lowest BCUT2D eigenvalue weighted by Gasteiger charge is -2.35. The molecule has 0 aromatic heterocycles. The molecule has 0 aliphatic carbocycles. The third-order valence-electron chi connectivity index (χ3n) is 3.40. The van der Waals surface area contributed by atoms with E-state index in [4.69, 9.17) is 4.74 Å². The van der Waals surface area contributed by atoms with E-state index in [-0.39, 0.29) is 0 Å². The van der Waals surface area contributed by atoms with Gasteiger partial charge in [0.15, 0.2) is 0 Å². The SMILES string of the molecule is Cc1ccc(SCCCN2C[C@@H](C)O[C@H](C)C2)cc1. The Hall–Kier alpha value is -0.510. The van der Waals surface area contributed by atoms with E-state index >= 15 is 0 Å². The number of nitrogens with zero attached hydrogens (tertiary/aromatic N) is 1. The average molecular weight is 279 g/mol. The van der Waals surface area contributed by atoms with Crippen LogP contribution in [0.25, 0.3) is 0 Å². The fourth-order valence-electron chi connectivity index (χ4n) is 2.58. The molecule has 1 fully saturated rings. The van der Waals surface area contributed by atoms with Gasteiger partial charge in [-0.05, 0) is 51.6 Å². The molecule has 1 aromatic rings. The van der Waals surface area contributed by atoms with Crippen LogP contribution in [0.1, 0.15) is 25.8 Å². The minimum atomic E-state index is 0.383. The molecule has 1 heterocycles. The van der Waals surface area contributed by atoms with Gasteiger partial charge in [0.2, 0.25) is 0 Å². The van der Waals surface area contributed by atoms with E-state index in [0.29, 0.717) is 12.2 Å². The van der Waals surface area contributed by atoms with Gasteiger partial charge in [0.05, 0.1) is 12.2 Å². The summed E-state index contributed by atoms with van der Waals surface area (Å²) in [7, 11) is 0. The maximum Gasteiger partial charge on any atom is 0.0678 e. The lowest BCUT2D eigenvalue weighted by molar-refractivity contribution is -0.0677. The Morgan fingerprint density at radius 1 is 1.16 bits per heavy atom. The maximum absolute atomic E-state index is 5.76. The molecule has 0 spiro atoms. The maximum atomic E-state index is 5.76. The second-order valence-corrected chi connectivity index (χ2v) is 6.70. The smallest absolute Gasteiger partial charge is 0.0678 e. The van der Waals surface area contributed by atoms with Gasteiger partial charge in [0.1, 0.15) is 0 Å². The second-order valence-electron chi connectivity index (χ2n) is 5.53. The number of aryl methyl sites for hydroxylation is 1. The largest absolute Gasteiger partial charge is 0.373 e. The molecule has 106 valence electrons. The first-order valence-electron chi connectivity index (χ1n) is 7.21. The molecule has 0 N–H and O–H groups in total. The molecule has 2 nitrogen and oxygen atoms in total. The molecule has 3 heteroatoms. The van der Waals surface area contributed by atoms with Gasteiger partial charge < -0.3 is 4.74 Å². The Bertz CT molecular complexity index is 369. The van der Waals surface area contributed by atoms with Crippen LogP contribution in [-0.2, 0) is 4.74 Å². The minimum absolute atomic E-state index is 0.383. The molecule has 1 saturated heterocycles. The first-order valence-corrected chi connectivity index (χ1v) is 8.19. The fraction of sp³-hybridized carbons (Fsp3) is 0.625. The summed E-state index contributed by atoms with van der Waals surface area (Å²) < 4.78 is 5.76. The molecule has 1 aliphatic heterocycles. The fourth-order valence-corrected chi connectivity index (χ4v) is 3.42. The zero-order valence-electron chi connectivity index (χ0n) is 12.3. The van der Waals surface area contributed by atoms with E-state index in [1.165, 1.54) is 29.2 Å². The summed E-state index contributed by atoms with van der Waals surface area (Å²) in [6, 6.07) is 8.82. The Morgan fingerprint density at radius 2 is 1.79 bits per heavy atom. The lowest BCUT2D eigenvalue weighted by Crippen LogP contribution is -2.45. The van der Waals surface area contributed by atoms with E-state index in [1.54, 1.807) is 0 Å². The van der Waals surface area contributed by atoms with Gasteiger partial charge in [-0.25, -0.2) is 0 Å². The summed E-state index contributed by atoms with van der Waals surface area (Å²) in [4.78, 5) is 3.92. The highest BCUT2D eigenvalue weighted by atomic mass is 32.2. The Kier molecular flexibility index (Phi) is 5.74. The molecule has 1 aromatic carbocycles. The van der Waals surface area contributed by atoms with E-state index in [2.05, 4.69) is 49.9 Å². The van der Waals surface area contributed by atoms with Crippen molar-refractivity contribution in [2.75, 3.05) is 25.4 Å². The van der Waals surface area contributed by atoms with Crippen molar-refractivity contribution in [2.24, 2.45) is 0 Å². The van der Waals surface area contributed by atoms with E-state index in [9.17, 15) is 0 Å². The van der Waals surface area contributed by atoms with Crippen molar-refractivity contribution >= 4 is 11.8 Å². The molecule has 1 aliphatic rings. The van der Waals surface area contributed by atoms with Crippen molar-refractivity contribution in [1.29, 1.82) is 0 Å². The number of hydrogen-bond acceptors (Lipinski definition) is 3. The van der Waals surface area contributed by atoms with Crippen molar-refractivity contribution < 1.29 is 4.74 Å². The zero-order chi connectivity index (χ0) is 13.7. The number of thioether (sulfide) groups is 1. The average Bonchev–Trinajstić information content (AvgIpc) is 2.36. The number of hydrogen-bond donors (Lipinski definition) is 0. The highest BCUT2D eigenvalue weighted by molar-refractivity contribution is 7.99. The molecular weight excluding hydrogens is 254 g/mol. The summed E-state index contributed by atoms with van der Waals surface area (Å²) in [6.07, 6.45) is 2.01. The molecular formula is C16H25NOS. The van der Waals surface area contributed by atoms with E-state index in [0.717, 1.165) is 13.1 Å². The van der Waals surface area contributed by atoms with Gasteiger partial charge in [-0.3, -0.25) is 4.90 Å². The van der Waals surface area contributed by atoms with Gasteiger partial charge in [0, 0.05) is 18.0 Å². The monoisotopic (exact) mass is 279 g/mol. The summed E-state index contributed by atoms with van der Waals surface area (Å²) in [6.45, 7) is 9.83. The van der Waals surface area contributed by atoms with Gasteiger partial charge in [0.25, 0.3) is 0 Å². The summed E-state index contributed by atoms with van der Waals surface area (Å²) in [5.41, 5.74) is 1.33. The van der Waals surface area contributed by atoms with Crippen LogP contribution in [0.15, 0.2) is 29.2 Å². The molecule has 0 bridgehead atoms. The highest BCUT2D eigenvalue weighted by Crippen LogP contribution is 2.19. The number of benzene rings is 1. The van der Waals surface area contributed by atoms with Crippen LogP contribution in [0, 0.1) is 6.92 Å². The van der Waals surface area contributed by atoms with Crippen LogP contribution in [0.3, 0.4) is 0 Å². The predicted molar refractivity (Wildman–Crippen MR) is 83.0 cm³/mol. The predicted octanol–water partition coefficient (Wildman–Crippen LogP) is 3.59. The summed E-state index contributed by atoms with van der Waals surface area (Å²) in [5.74, 6) is 1.20. The normalized spacial score (nSPS) is 24.6. The second kappa shape index (κ2) is 7.32. The van der Waals surface area contributed by atoms with Crippen molar-refractivity contribution in [3.8, 4) is 0 Å². The zero-order valence-corrected chi connectivity index (χ0v) is 13.1. The first kappa shape index (κ1) is 14.9. The van der Waals surface area contributed by atoms with Crippen molar-refractivity contribution in [2.45, 2.75) is 44.3 Å². The molecule has 2 rings (SSSR count). The van der Waals surface area contributed by atoms with Crippen LogP contribution >= 0.6 is 11.8 Å². The van der Waals surface area contributed by atoms with Crippen LogP contribution in [0.2, 0.25) is 0 Å². The molecule has 0 saturated carbocycles. The topological polar surface area (TPSA) is 12.5 Å². The van der Waals surface area contributed by atoms with Crippen LogP contribution in [0.5, 0.6) is 0 Å². The number of morpholine rings is 1. The molecule has 0 amide bonds. The number of rotatable bonds is 5. The number of ether oxygens (including phenoxy) is 1.